The molecule has 0 aromatic rings. The number of aliphatic hydroxyl groups excluding tert-OH is 1. The summed E-state index contributed by atoms with van der Waals surface area (Å²) in [4.78, 5) is 0. The van der Waals surface area contributed by atoms with Crippen LogP contribution in [0.25, 0.3) is 0 Å². The average Bonchev–Trinajstić information content (AvgIpc) is 2.44. The normalized spacial score (nSPS) is 47.0. The Balaban J connectivity index is 2.20. The second-order valence-electron chi connectivity index (χ2n) is 9.24. The molecule has 2 N–H and O–H groups in total. The van der Waals surface area contributed by atoms with Crippen molar-refractivity contribution >= 4 is 0 Å². The molecule has 130 valence electrons. The highest BCUT2D eigenvalue weighted by Gasteiger charge is 2.59. The van der Waals surface area contributed by atoms with Crippen LogP contribution in [0, 0.1) is 28.6 Å². The molecule has 0 amide bonds. The number of hydrogen-bond acceptors (Lipinski definition) is 2. The highest BCUT2D eigenvalue weighted by molar-refractivity contribution is 5.09. The third kappa shape index (κ3) is 2.98. The average molecular weight is 311 g/mol. The van der Waals surface area contributed by atoms with E-state index in [1.807, 2.05) is 0 Å². The topological polar surface area (TPSA) is 40.5 Å². The molecule has 0 saturated heterocycles. The van der Waals surface area contributed by atoms with Gasteiger partial charge in [-0.2, -0.15) is 0 Å². The number of rotatable bonds is 5. The van der Waals surface area contributed by atoms with Crippen LogP contribution >= 0.6 is 0 Å². The van der Waals surface area contributed by atoms with Crippen LogP contribution in [0.2, 0.25) is 0 Å². The molecule has 2 fully saturated rings. The molecule has 0 heterocycles. The highest BCUT2D eigenvalue weighted by atomic mass is 16.3. The molecule has 0 aromatic heterocycles. The van der Waals surface area contributed by atoms with Crippen LogP contribution in [0.5, 0.6) is 0 Å². The summed E-state index contributed by atoms with van der Waals surface area (Å²) < 4.78 is 0. The van der Waals surface area contributed by atoms with Crippen molar-refractivity contribution in [2.75, 3.05) is 6.61 Å². The first-order chi connectivity index (χ1) is 10.2. The van der Waals surface area contributed by atoms with Gasteiger partial charge in [-0.25, -0.2) is 0 Å². The molecular weight excluding hydrogens is 272 g/mol. The minimum Gasteiger partial charge on any atom is -0.396 e. The summed E-state index contributed by atoms with van der Waals surface area (Å²) >= 11 is 0. The maximum absolute atomic E-state index is 11.1. The van der Waals surface area contributed by atoms with Crippen LogP contribution in [-0.4, -0.2) is 22.4 Å². The fraction of sp³-hybridized carbons (Fsp3) is 1.00. The van der Waals surface area contributed by atoms with E-state index in [-0.39, 0.29) is 5.41 Å². The van der Waals surface area contributed by atoms with Gasteiger partial charge < -0.3 is 10.2 Å². The van der Waals surface area contributed by atoms with Gasteiger partial charge in [-0.05, 0) is 74.0 Å². The van der Waals surface area contributed by atoms with Crippen molar-refractivity contribution in [3.05, 3.63) is 0 Å². The zero-order chi connectivity index (χ0) is 16.6. The van der Waals surface area contributed by atoms with Gasteiger partial charge in [-0.3, -0.25) is 0 Å². The van der Waals surface area contributed by atoms with Crippen molar-refractivity contribution in [1.82, 2.24) is 0 Å². The van der Waals surface area contributed by atoms with E-state index in [0.29, 0.717) is 23.9 Å². The predicted molar refractivity (Wildman–Crippen MR) is 92.7 cm³/mol. The van der Waals surface area contributed by atoms with E-state index in [9.17, 15) is 5.11 Å². The van der Waals surface area contributed by atoms with Gasteiger partial charge in [0.1, 0.15) is 0 Å². The van der Waals surface area contributed by atoms with Crippen LogP contribution in [-0.2, 0) is 0 Å². The van der Waals surface area contributed by atoms with E-state index in [0.717, 1.165) is 18.8 Å². The largest absolute Gasteiger partial charge is 0.396 e. The maximum atomic E-state index is 11.1. The molecule has 2 heteroatoms. The molecule has 0 spiro atoms. The molecule has 1 unspecified atom stereocenters. The summed E-state index contributed by atoms with van der Waals surface area (Å²) in [5.41, 5.74) is -0.0954. The van der Waals surface area contributed by atoms with Crippen molar-refractivity contribution in [2.24, 2.45) is 28.6 Å². The van der Waals surface area contributed by atoms with Gasteiger partial charge in [0.15, 0.2) is 0 Å². The summed E-state index contributed by atoms with van der Waals surface area (Å²) in [6, 6.07) is 0. The fourth-order valence-electron chi connectivity index (χ4n) is 5.66. The minimum atomic E-state index is -0.506. The van der Waals surface area contributed by atoms with Crippen molar-refractivity contribution in [2.45, 2.75) is 91.6 Å². The van der Waals surface area contributed by atoms with Crippen LogP contribution in [0.15, 0.2) is 0 Å². The Morgan fingerprint density at radius 2 is 1.77 bits per heavy atom. The second-order valence-corrected chi connectivity index (χ2v) is 9.24. The van der Waals surface area contributed by atoms with Crippen LogP contribution < -0.4 is 0 Å². The van der Waals surface area contributed by atoms with E-state index in [2.05, 4.69) is 34.6 Å². The first-order valence-corrected chi connectivity index (χ1v) is 9.50. The van der Waals surface area contributed by atoms with E-state index >= 15 is 0 Å². The lowest BCUT2D eigenvalue weighted by molar-refractivity contribution is -0.193. The zero-order valence-corrected chi connectivity index (χ0v) is 15.5. The van der Waals surface area contributed by atoms with Crippen molar-refractivity contribution < 1.29 is 10.2 Å². The molecule has 0 radical (unpaired) electrons. The Bertz CT molecular complexity index is 378. The van der Waals surface area contributed by atoms with Crippen LogP contribution in [0.4, 0.5) is 0 Å². The summed E-state index contributed by atoms with van der Waals surface area (Å²) in [7, 11) is 0. The first-order valence-electron chi connectivity index (χ1n) is 9.50. The van der Waals surface area contributed by atoms with Crippen molar-refractivity contribution in [3.63, 3.8) is 0 Å². The van der Waals surface area contributed by atoms with Gasteiger partial charge in [-0.1, -0.05) is 40.5 Å². The number of aliphatic hydroxyl groups is 2. The highest BCUT2D eigenvalue weighted by Crippen LogP contribution is 2.64. The van der Waals surface area contributed by atoms with E-state index in [4.69, 9.17) is 5.11 Å². The second kappa shape index (κ2) is 6.43. The van der Waals surface area contributed by atoms with Gasteiger partial charge in [0.2, 0.25) is 0 Å². The van der Waals surface area contributed by atoms with E-state index in [1.165, 1.54) is 38.5 Å². The molecule has 2 aliphatic carbocycles. The standard InChI is InChI=1S/C20H38O2/c1-15(10-14-21)8-12-18(3)16(2)9-13-19(4)17(18)7-6-11-20(19,5)22/h15-17,21-22H,6-14H2,1-5H3/t15?,16-,17-,18+,19-,20+/m1/s1. The third-order valence-corrected chi connectivity index (χ3v) is 7.97. The molecule has 6 atom stereocenters. The molecule has 0 bridgehead atoms. The summed E-state index contributed by atoms with van der Waals surface area (Å²) in [6.45, 7) is 11.9. The molecule has 0 aliphatic heterocycles. The number of fused-ring (bicyclic) bond motifs is 1. The Hall–Kier alpha value is -0.0800. The Kier molecular flexibility index (Phi) is 5.34. The van der Waals surface area contributed by atoms with Gasteiger partial charge in [-0.15, -0.1) is 0 Å². The van der Waals surface area contributed by atoms with Gasteiger partial charge in [0.25, 0.3) is 0 Å². The molecule has 2 saturated carbocycles. The SMILES string of the molecule is CC(CCO)CC[C@@]1(C)[C@H](C)CC[C@]2(C)[C@@H]1CCC[C@]2(C)O. The van der Waals surface area contributed by atoms with Crippen LogP contribution in [0.3, 0.4) is 0 Å². The molecule has 2 nitrogen and oxygen atoms in total. The predicted octanol–water partition coefficient (Wildman–Crippen LogP) is 4.78. The van der Waals surface area contributed by atoms with E-state index in [1.54, 1.807) is 0 Å². The zero-order valence-electron chi connectivity index (χ0n) is 15.5. The van der Waals surface area contributed by atoms with Crippen molar-refractivity contribution in [3.8, 4) is 0 Å². The Labute approximate surface area is 137 Å². The fourth-order valence-corrected chi connectivity index (χ4v) is 5.66. The monoisotopic (exact) mass is 310 g/mol. The molecule has 0 aromatic carbocycles. The molecular formula is C20H38O2. The maximum Gasteiger partial charge on any atom is 0.0675 e. The smallest absolute Gasteiger partial charge is 0.0675 e. The lowest BCUT2D eigenvalue weighted by Crippen LogP contribution is -2.60. The molecule has 2 aliphatic rings. The molecule has 2 rings (SSSR count). The first kappa shape index (κ1) is 18.3. The van der Waals surface area contributed by atoms with E-state index < -0.39 is 5.60 Å². The lowest BCUT2D eigenvalue weighted by Gasteiger charge is -2.63. The Morgan fingerprint density at radius 1 is 1.09 bits per heavy atom. The molecule has 22 heavy (non-hydrogen) atoms. The van der Waals surface area contributed by atoms with Gasteiger partial charge in [0.05, 0.1) is 5.60 Å². The minimum absolute atomic E-state index is 0.0761. The Morgan fingerprint density at radius 3 is 2.41 bits per heavy atom. The lowest BCUT2D eigenvalue weighted by atomic mass is 9.43. The van der Waals surface area contributed by atoms with Gasteiger partial charge >= 0.3 is 0 Å². The summed E-state index contributed by atoms with van der Waals surface area (Å²) in [5.74, 6) is 1.97. The number of hydrogen-bond donors (Lipinski definition) is 2. The summed E-state index contributed by atoms with van der Waals surface area (Å²) in [6.07, 6.45) is 9.20. The third-order valence-electron chi connectivity index (χ3n) is 7.97. The quantitative estimate of drug-likeness (QED) is 0.767. The van der Waals surface area contributed by atoms with Gasteiger partial charge in [0, 0.05) is 6.61 Å². The van der Waals surface area contributed by atoms with Crippen molar-refractivity contribution in [1.29, 1.82) is 0 Å². The van der Waals surface area contributed by atoms with Crippen LogP contribution in [0.1, 0.15) is 86.0 Å². The summed E-state index contributed by atoms with van der Waals surface area (Å²) in [5, 5.41) is 20.2.